The highest BCUT2D eigenvalue weighted by Crippen LogP contribution is 2.32. The minimum Gasteiger partial charge on any atom is -0.454 e. The van der Waals surface area contributed by atoms with Gasteiger partial charge in [0.25, 0.3) is 0 Å². The molecule has 2 N–H and O–H groups in total. The van der Waals surface area contributed by atoms with Crippen molar-refractivity contribution in [1.29, 1.82) is 0 Å². The first kappa shape index (κ1) is 19.1. The number of ether oxygens (including phenoxy) is 3. The van der Waals surface area contributed by atoms with Gasteiger partial charge in [0.2, 0.25) is 6.79 Å². The second-order valence-corrected chi connectivity index (χ2v) is 6.93. The van der Waals surface area contributed by atoms with Crippen LogP contribution in [-0.2, 0) is 11.3 Å². The van der Waals surface area contributed by atoms with E-state index in [1.165, 1.54) is 6.33 Å². The Hall–Kier alpha value is -3.23. The Morgan fingerprint density at radius 1 is 1.17 bits per heavy atom. The summed E-state index contributed by atoms with van der Waals surface area (Å²) in [5, 5.41) is 6.75. The van der Waals surface area contributed by atoms with Crippen LogP contribution in [-0.4, -0.2) is 53.5 Å². The summed E-state index contributed by atoms with van der Waals surface area (Å²) in [6.45, 7) is 4.46. The number of hydrogen-bond donors (Lipinski definition) is 2. The molecule has 0 unspecified atom stereocenters. The van der Waals surface area contributed by atoms with Gasteiger partial charge in [0.1, 0.15) is 18.0 Å². The number of carbonyl (C=O) groups excluding carboxylic acids is 1. The highest BCUT2D eigenvalue weighted by atomic mass is 16.7. The molecule has 0 aliphatic carbocycles. The molecule has 1 amide bonds. The van der Waals surface area contributed by atoms with Crippen LogP contribution in [0.5, 0.6) is 11.5 Å². The van der Waals surface area contributed by atoms with E-state index in [0.29, 0.717) is 26.2 Å². The summed E-state index contributed by atoms with van der Waals surface area (Å²) in [4.78, 5) is 22.2. The van der Waals surface area contributed by atoms with Crippen LogP contribution >= 0.6 is 0 Å². The Balaban J connectivity index is 1.28. The predicted molar refractivity (Wildman–Crippen MR) is 107 cm³/mol. The fraction of sp³-hybridized carbons (Fsp3) is 0.450. The van der Waals surface area contributed by atoms with Crippen molar-refractivity contribution >= 4 is 17.7 Å². The third kappa shape index (κ3) is 4.79. The number of nitrogens with zero attached hydrogens (tertiary/aromatic N) is 3. The van der Waals surface area contributed by atoms with Crippen molar-refractivity contribution in [2.75, 3.05) is 37.1 Å². The third-order valence-corrected chi connectivity index (χ3v) is 4.95. The second-order valence-electron chi connectivity index (χ2n) is 6.93. The molecule has 0 spiro atoms. The fourth-order valence-corrected chi connectivity index (χ4v) is 3.41. The molecule has 1 aromatic carbocycles. The van der Waals surface area contributed by atoms with Crippen molar-refractivity contribution in [1.82, 2.24) is 14.9 Å². The molecule has 2 aliphatic rings. The van der Waals surface area contributed by atoms with Crippen LogP contribution in [0.2, 0.25) is 0 Å². The fourth-order valence-electron chi connectivity index (χ4n) is 3.41. The summed E-state index contributed by atoms with van der Waals surface area (Å²) < 4.78 is 15.8. The van der Waals surface area contributed by atoms with E-state index < -0.39 is 0 Å². The van der Waals surface area contributed by atoms with Gasteiger partial charge in [0.15, 0.2) is 11.5 Å². The molecule has 1 aromatic heterocycles. The van der Waals surface area contributed by atoms with Crippen molar-refractivity contribution in [3.05, 3.63) is 36.2 Å². The molecule has 0 atom stereocenters. The van der Waals surface area contributed by atoms with Crippen molar-refractivity contribution in [3.63, 3.8) is 0 Å². The van der Waals surface area contributed by atoms with Crippen LogP contribution in [0.3, 0.4) is 0 Å². The molecular weight excluding hydrogens is 374 g/mol. The number of hydrogen-bond acceptors (Lipinski definition) is 8. The Labute approximate surface area is 169 Å². The van der Waals surface area contributed by atoms with Gasteiger partial charge in [-0.15, -0.1) is 0 Å². The molecule has 3 heterocycles. The predicted octanol–water partition coefficient (Wildman–Crippen LogP) is 2.85. The summed E-state index contributed by atoms with van der Waals surface area (Å²) in [5.74, 6) is 3.05. The number of aromatic nitrogens is 2. The van der Waals surface area contributed by atoms with Crippen molar-refractivity contribution in [2.45, 2.75) is 32.4 Å². The van der Waals surface area contributed by atoms with E-state index in [9.17, 15) is 4.79 Å². The van der Waals surface area contributed by atoms with Crippen LogP contribution in [0.4, 0.5) is 16.4 Å². The van der Waals surface area contributed by atoms with Gasteiger partial charge in [-0.05, 0) is 37.5 Å². The standard InChI is InChI=1S/C20H25N5O4/c1-2-27-20(26)25-7-5-15(6-8-25)24-19-10-18(22-12-23-19)21-11-14-3-4-16-17(9-14)29-13-28-16/h3-4,9-10,12,15H,2,5-8,11,13H2,1H3,(H2,21,22,23,24). The minimum atomic E-state index is -0.233. The number of amides is 1. The molecule has 154 valence electrons. The lowest BCUT2D eigenvalue weighted by Crippen LogP contribution is -2.42. The van der Waals surface area contributed by atoms with E-state index >= 15 is 0 Å². The van der Waals surface area contributed by atoms with Gasteiger partial charge in [0.05, 0.1) is 6.61 Å². The topological polar surface area (TPSA) is 97.8 Å². The number of likely N-dealkylation sites (tertiary alicyclic amines) is 1. The molecule has 1 saturated heterocycles. The highest BCUT2D eigenvalue weighted by molar-refractivity contribution is 5.67. The lowest BCUT2D eigenvalue weighted by Gasteiger charge is -2.31. The van der Waals surface area contributed by atoms with Gasteiger partial charge in [-0.25, -0.2) is 14.8 Å². The molecule has 2 aliphatic heterocycles. The smallest absolute Gasteiger partial charge is 0.409 e. The number of nitrogens with one attached hydrogen (secondary N) is 2. The molecule has 4 rings (SSSR count). The zero-order valence-electron chi connectivity index (χ0n) is 16.4. The molecule has 0 saturated carbocycles. The number of fused-ring (bicyclic) bond motifs is 1. The van der Waals surface area contributed by atoms with Gasteiger partial charge in [0, 0.05) is 31.7 Å². The van der Waals surface area contributed by atoms with Crippen molar-refractivity contribution in [3.8, 4) is 11.5 Å². The summed E-state index contributed by atoms with van der Waals surface area (Å²) in [5.41, 5.74) is 1.08. The Morgan fingerprint density at radius 2 is 1.97 bits per heavy atom. The number of anilines is 2. The first-order valence-electron chi connectivity index (χ1n) is 9.84. The van der Waals surface area contributed by atoms with Crippen LogP contribution in [0.1, 0.15) is 25.3 Å². The Kier molecular flexibility index (Phi) is 5.83. The summed E-state index contributed by atoms with van der Waals surface area (Å²) >= 11 is 0. The van der Waals surface area contributed by atoms with Crippen LogP contribution in [0.15, 0.2) is 30.6 Å². The Bertz CT molecular complexity index is 855. The average molecular weight is 399 g/mol. The van der Waals surface area contributed by atoms with E-state index in [1.54, 1.807) is 4.90 Å². The quantitative estimate of drug-likeness (QED) is 0.765. The normalized spacial score (nSPS) is 15.8. The van der Waals surface area contributed by atoms with Crippen molar-refractivity contribution in [2.24, 2.45) is 0 Å². The lowest BCUT2D eigenvalue weighted by atomic mass is 10.1. The number of rotatable bonds is 6. The monoisotopic (exact) mass is 399 g/mol. The average Bonchev–Trinajstić information content (AvgIpc) is 3.21. The van der Waals surface area contributed by atoms with E-state index in [-0.39, 0.29) is 18.9 Å². The zero-order chi connectivity index (χ0) is 20.1. The highest BCUT2D eigenvalue weighted by Gasteiger charge is 2.23. The number of piperidine rings is 1. The summed E-state index contributed by atoms with van der Waals surface area (Å²) in [7, 11) is 0. The van der Waals surface area contributed by atoms with Crippen LogP contribution in [0.25, 0.3) is 0 Å². The van der Waals surface area contributed by atoms with Crippen LogP contribution in [0, 0.1) is 0 Å². The Morgan fingerprint density at radius 3 is 2.79 bits per heavy atom. The van der Waals surface area contributed by atoms with E-state index in [0.717, 1.165) is 41.5 Å². The molecule has 0 bridgehead atoms. The summed E-state index contributed by atoms with van der Waals surface area (Å²) in [6.07, 6.45) is 3.01. The van der Waals surface area contributed by atoms with Gasteiger partial charge in [-0.1, -0.05) is 6.07 Å². The maximum absolute atomic E-state index is 11.8. The van der Waals surface area contributed by atoms with Gasteiger partial charge < -0.3 is 29.7 Å². The molecule has 1 fully saturated rings. The van der Waals surface area contributed by atoms with E-state index in [2.05, 4.69) is 20.6 Å². The number of carbonyl (C=O) groups is 1. The van der Waals surface area contributed by atoms with Crippen molar-refractivity contribution < 1.29 is 19.0 Å². The molecule has 2 aromatic rings. The maximum Gasteiger partial charge on any atom is 0.409 e. The molecule has 0 radical (unpaired) electrons. The lowest BCUT2D eigenvalue weighted by molar-refractivity contribution is 0.0983. The maximum atomic E-state index is 11.8. The van der Waals surface area contributed by atoms with Gasteiger partial charge in [-0.3, -0.25) is 0 Å². The zero-order valence-corrected chi connectivity index (χ0v) is 16.4. The van der Waals surface area contributed by atoms with Gasteiger partial charge in [-0.2, -0.15) is 0 Å². The van der Waals surface area contributed by atoms with E-state index in [1.807, 2.05) is 31.2 Å². The molecule has 29 heavy (non-hydrogen) atoms. The van der Waals surface area contributed by atoms with Gasteiger partial charge >= 0.3 is 6.09 Å². The third-order valence-electron chi connectivity index (χ3n) is 4.95. The largest absolute Gasteiger partial charge is 0.454 e. The molecule has 9 heteroatoms. The molecule has 9 nitrogen and oxygen atoms in total. The van der Waals surface area contributed by atoms with E-state index in [4.69, 9.17) is 14.2 Å². The first-order valence-corrected chi connectivity index (χ1v) is 9.84. The second kappa shape index (κ2) is 8.85. The number of benzene rings is 1. The first-order chi connectivity index (χ1) is 14.2. The van der Waals surface area contributed by atoms with Crippen LogP contribution < -0.4 is 20.1 Å². The summed E-state index contributed by atoms with van der Waals surface area (Å²) in [6, 6.07) is 8.03. The molecular formula is C20H25N5O4. The minimum absolute atomic E-state index is 0.233. The SMILES string of the molecule is CCOC(=O)N1CCC(Nc2cc(NCc3ccc4c(c3)OCO4)ncn2)CC1.